The van der Waals surface area contributed by atoms with Crippen LogP contribution in [0.15, 0.2) is 66.7 Å². The lowest BCUT2D eigenvalue weighted by molar-refractivity contribution is 0.0697. The molecule has 0 heterocycles. The first kappa shape index (κ1) is 16.5. The molecule has 3 aromatic carbocycles. The van der Waals surface area contributed by atoms with Gasteiger partial charge in [0.1, 0.15) is 6.61 Å². The molecule has 0 saturated carbocycles. The van der Waals surface area contributed by atoms with Crippen LogP contribution in [0.2, 0.25) is 0 Å². The van der Waals surface area contributed by atoms with E-state index >= 15 is 0 Å². The number of ether oxygens (including phenoxy) is 1. The second-order valence-electron chi connectivity index (χ2n) is 5.62. The van der Waals surface area contributed by atoms with E-state index in [-0.39, 0.29) is 12.2 Å². The molecule has 25 heavy (non-hydrogen) atoms. The molecule has 0 atom stereocenters. The van der Waals surface area contributed by atoms with Gasteiger partial charge in [-0.3, -0.25) is 0 Å². The Bertz CT molecular complexity index is 906. The minimum absolute atomic E-state index is 0.225. The van der Waals surface area contributed by atoms with Crippen LogP contribution in [0.3, 0.4) is 0 Å². The molecular formula is C20H17NO4. The molecule has 0 saturated heterocycles. The number of fused-ring (bicyclic) bond motifs is 1. The lowest BCUT2D eigenvalue weighted by Crippen LogP contribution is -2.23. The standard InChI is InChI=1S/C20H17NO4/c22-19(23)18-9-8-16-10-15(6-7-17(16)11-18)12-21-20(24)25-13-14-4-2-1-3-5-14/h1-11H,12-13H2,(H,21,24)(H,22,23). The SMILES string of the molecule is O=C(NCc1ccc2cc(C(=O)O)ccc2c1)OCc1ccccc1. The number of hydrogen-bond acceptors (Lipinski definition) is 3. The maximum Gasteiger partial charge on any atom is 0.407 e. The molecule has 126 valence electrons. The Balaban J connectivity index is 1.58. The summed E-state index contributed by atoms with van der Waals surface area (Å²) in [6, 6.07) is 20.0. The Morgan fingerprint density at radius 3 is 2.36 bits per heavy atom. The molecule has 5 nitrogen and oxygen atoms in total. The van der Waals surface area contributed by atoms with Gasteiger partial charge in [0.15, 0.2) is 0 Å². The van der Waals surface area contributed by atoms with E-state index in [9.17, 15) is 9.59 Å². The third-order valence-electron chi connectivity index (χ3n) is 3.80. The summed E-state index contributed by atoms with van der Waals surface area (Å²) in [6.07, 6.45) is -0.481. The van der Waals surface area contributed by atoms with Crippen LogP contribution in [0.1, 0.15) is 21.5 Å². The Kier molecular flexibility index (Phi) is 4.95. The van der Waals surface area contributed by atoms with Crippen molar-refractivity contribution in [3.8, 4) is 0 Å². The number of carbonyl (C=O) groups excluding carboxylic acids is 1. The summed E-state index contributed by atoms with van der Waals surface area (Å²) in [4.78, 5) is 22.8. The van der Waals surface area contributed by atoms with Crippen molar-refractivity contribution in [2.75, 3.05) is 0 Å². The average Bonchev–Trinajstić information content (AvgIpc) is 2.65. The van der Waals surface area contributed by atoms with E-state index in [1.807, 2.05) is 48.5 Å². The molecule has 3 rings (SSSR count). The Morgan fingerprint density at radius 1 is 0.880 bits per heavy atom. The van der Waals surface area contributed by atoms with Crippen LogP contribution in [0.5, 0.6) is 0 Å². The van der Waals surface area contributed by atoms with Crippen molar-refractivity contribution in [3.63, 3.8) is 0 Å². The molecule has 0 fully saturated rings. The van der Waals surface area contributed by atoms with E-state index in [0.29, 0.717) is 6.54 Å². The predicted octanol–water partition coefficient (Wildman–Crippen LogP) is 3.96. The number of amides is 1. The third-order valence-corrected chi connectivity index (χ3v) is 3.80. The van der Waals surface area contributed by atoms with Crippen molar-refractivity contribution >= 4 is 22.8 Å². The highest BCUT2D eigenvalue weighted by Crippen LogP contribution is 2.18. The Hall–Kier alpha value is -3.34. The largest absolute Gasteiger partial charge is 0.478 e. The van der Waals surface area contributed by atoms with E-state index in [2.05, 4.69) is 5.32 Å². The van der Waals surface area contributed by atoms with Crippen LogP contribution in [-0.4, -0.2) is 17.2 Å². The van der Waals surface area contributed by atoms with E-state index in [0.717, 1.165) is 21.9 Å². The first-order valence-electron chi connectivity index (χ1n) is 7.82. The molecule has 3 aromatic rings. The number of nitrogens with one attached hydrogen (secondary N) is 1. The lowest BCUT2D eigenvalue weighted by Gasteiger charge is -2.08. The zero-order valence-corrected chi connectivity index (χ0v) is 13.4. The Morgan fingerprint density at radius 2 is 1.60 bits per heavy atom. The number of carboxylic acid groups (broad SMARTS) is 1. The molecular weight excluding hydrogens is 318 g/mol. The van der Waals surface area contributed by atoms with Gasteiger partial charge in [0.05, 0.1) is 5.56 Å². The summed E-state index contributed by atoms with van der Waals surface area (Å²) in [5, 5.41) is 13.5. The van der Waals surface area contributed by atoms with E-state index in [4.69, 9.17) is 9.84 Å². The van der Waals surface area contributed by atoms with Gasteiger partial charge < -0.3 is 15.2 Å². The summed E-state index contributed by atoms with van der Waals surface area (Å²) in [5.41, 5.74) is 2.09. The smallest absolute Gasteiger partial charge is 0.407 e. The fourth-order valence-corrected chi connectivity index (χ4v) is 2.49. The van der Waals surface area contributed by atoms with Gasteiger partial charge in [-0.2, -0.15) is 0 Å². The summed E-state index contributed by atoms with van der Waals surface area (Å²) in [6.45, 7) is 0.562. The normalized spacial score (nSPS) is 10.4. The van der Waals surface area contributed by atoms with Gasteiger partial charge in [-0.1, -0.05) is 48.5 Å². The highest BCUT2D eigenvalue weighted by atomic mass is 16.5. The van der Waals surface area contributed by atoms with Crippen molar-refractivity contribution in [2.45, 2.75) is 13.2 Å². The van der Waals surface area contributed by atoms with Crippen LogP contribution in [-0.2, 0) is 17.9 Å². The maximum absolute atomic E-state index is 11.8. The first-order chi connectivity index (χ1) is 12.1. The topological polar surface area (TPSA) is 75.6 Å². The molecule has 0 aliphatic heterocycles. The fraction of sp³-hybridized carbons (Fsp3) is 0.100. The van der Waals surface area contributed by atoms with Crippen LogP contribution in [0.25, 0.3) is 10.8 Å². The second-order valence-corrected chi connectivity index (χ2v) is 5.62. The monoisotopic (exact) mass is 335 g/mol. The van der Waals surface area contributed by atoms with Crippen molar-refractivity contribution < 1.29 is 19.4 Å². The van der Waals surface area contributed by atoms with Gasteiger partial charge in [-0.25, -0.2) is 9.59 Å². The zero-order valence-electron chi connectivity index (χ0n) is 13.4. The van der Waals surface area contributed by atoms with Gasteiger partial charge in [0.25, 0.3) is 0 Å². The highest BCUT2D eigenvalue weighted by molar-refractivity contribution is 5.94. The molecule has 2 N–H and O–H groups in total. The van der Waals surface area contributed by atoms with Gasteiger partial charge >= 0.3 is 12.1 Å². The summed E-state index contributed by atoms with van der Waals surface area (Å²) < 4.78 is 5.16. The number of carbonyl (C=O) groups is 2. The second kappa shape index (κ2) is 7.49. The quantitative estimate of drug-likeness (QED) is 0.740. The lowest BCUT2D eigenvalue weighted by atomic mass is 10.0. The van der Waals surface area contributed by atoms with Gasteiger partial charge in [0.2, 0.25) is 0 Å². The molecule has 0 unspecified atom stereocenters. The summed E-state index contributed by atoms with van der Waals surface area (Å²) in [5.74, 6) is -0.950. The number of aromatic carboxylic acids is 1. The number of alkyl carbamates (subject to hydrolysis) is 1. The minimum atomic E-state index is -0.950. The molecule has 0 aliphatic rings. The number of benzene rings is 3. The van der Waals surface area contributed by atoms with Crippen molar-refractivity contribution in [1.29, 1.82) is 0 Å². The van der Waals surface area contributed by atoms with Gasteiger partial charge in [-0.05, 0) is 40.1 Å². The van der Waals surface area contributed by atoms with Crippen LogP contribution >= 0.6 is 0 Å². The molecule has 0 bridgehead atoms. The molecule has 0 spiro atoms. The Labute approximate surface area is 144 Å². The minimum Gasteiger partial charge on any atom is -0.478 e. The van der Waals surface area contributed by atoms with Crippen molar-refractivity contribution in [2.24, 2.45) is 0 Å². The van der Waals surface area contributed by atoms with Crippen LogP contribution in [0, 0.1) is 0 Å². The highest BCUT2D eigenvalue weighted by Gasteiger charge is 2.06. The third kappa shape index (κ3) is 4.35. The van der Waals surface area contributed by atoms with E-state index in [1.54, 1.807) is 18.2 Å². The van der Waals surface area contributed by atoms with E-state index < -0.39 is 12.1 Å². The average molecular weight is 335 g/mol. The number of rotatable bonds is 5. The molecule has 5 heteroatoms. The zero-order chi connectivity index (χ0) is 17.6. The number of carboxylic acids is 1. The van der Waals surface area contributed by atoms with Gasteiger partial charge in [0, 0.05) is 6.54 Å². The molecule has 0 aromatic heterocycles. The van der Waals surface area contributed by atoms with Crippen LogP contribution < -0.4 is 5.32 Å². The van der Waals surface area contributed by atoms with Gasteiger partial charge in [-0.15, -0.1) is 0 Å². The molecule has 0 radical (unpaired) electrons. The molecule has 0 aliphatic carbocycles. The summed E-state index contributed by atoms with van der Waals surface area (Å²) in [7, 11) is 0. The number of hydrogen-bond donors (Lipinski definition) is 2. The maximum atomic E-state index is 11.8. The fourth-order valence-electron chi connectivity index (χ4n) is 2.49. The molecule has 1 amide bonds. The van der Waals surface area contributed by atoms with Crippen LogP contribution in [0.4, 0.5) is 4.79 Å². The van der Waals surface area contributed by atoms with Crippen molar-refractivity contribution in [1.82, 2.24) is 5.32 Å². The van der Waals surface area contributed by atoms with E-state index in [1.165, 1.54) is 0 Å². The predicted molar refractivity (Wildman–Crippen MR) is 94.4 cm³/mol. The summed E-state index contributed by atoms with van der Waals surface area (Å²) >= 11 is 0. The first-order valence-corrected chi connectivity index (χ1v) is 7.82. The van der Waals surface area contributed by atoms with Crippen molar-refractivity contribution in [3.05, 3.63) is 83.4 Å².